The molecule has 0 aromatic rings. The van der Waals surface area contributed by atoms with Gasteiger partial charge in [-0.1, -0.05) is 30.9 Å². The fourth-order valence-electron chi connectivity index (χ4n) is 2.98. The molecule has 1 saturated heterocycles. The molecule has 0 spiro atoms. The van der Waals surface area contributed by atoms with Crippen LogP contribution in [0.3, 0.4) is 0 Å². The lowest BCUT2D eigenvalue weighted by molar-refractivity contribution is 0.494. The minimum Gasteiger partial charge on any atom is -0.271 e. The molecule has 0 aromatic heterocycles. The van der Waals surface area contributed by atoms with E-state index in [1.807, 2.05) is 0 Å². The lowest BCUT2D eigenvalue weighted by Gasteiger charge is -2.31. The van der Waals surface area contributed by atoms with E-state index in [1.165, 1.54) is 63.5 Å². The Morgan fingerprint density at radius 2 is 2.06 bits per heavy atom. The first-order chi connectivity index (χ1) is 8.42. The molecule has 1 aliphatic carbocycles. The summed E-state index contributed by atoms with van der Waals surface area (Å²) in [6.45, 7) is 0. The Balaban J connectivity index is 1.98. The first-order valence-corrected chi connectivity index (χ1v) is 8.23. The zero-order valence-corrected chi connectivity index (χ0v) is 11.6. The van der Waals surface area contributed by atoms with E-state index in [-0.39, 0.29) is 0 Å². The first-order valence-electron chi connectivity index (χ1n) is 7.18. The summed E-state index contributed by atoms with van der Waals surface area (Å²) in [4.78, 5) is 0. The van der Waals surface area contributed by atoms with E-state index in [9.17, 15) is 0 Å². The quantitative estimate of drug-likeness (QED) is 0.460. The third-order valence-corrected chi connectivity index (χ3v) is 5.45. The largest absolute Gasteiger partial charge is 0.271 e. The molecule has 2 unspecified atom stereocenters. The Morgan fingerprint density at radius 1 is 1.18 bits per heavy atom. The highest BCUT2D eigenvalue weighted by Gasteiger charge is 2.26. The smallest absolute Gasteiger partial charge is 0.0538 e. The standard InChI is InChI=1S/C14H26N2S/c15-16-14(13-10-6-7-11-17-13)12-8-4-2-1-3-5-9-12/h8,13-14,16H,1-7,9-11,15H2. The van der Waals surface area contributed by atoms with E-state index >= 15 is 0 Å². The average molecular weight is 254 g/mol. The van der Waals surface area contributed by atoms with Crippen molar-refractivity contribution in [2.45, 2.75) is 69.1 Å². The number of thioether (sulfide) groups is 1. The monoisotopic (exact) mass is 254 g/mol. The SMILES string of the molecule is NNC(C1=CCCCCCC1)C1CCCCS1. The lowest BCUT2D eigenvalue weighted by Crippen LogP contribution is -2.45. The Labute approximate surface area is 110 Å². The third-order valence-electron chi connectivity index (χ3n) is 3.99. The van der Waals surface area contributed by atoms with Gasteiger partial charge in [0.15, 0.2) is 0 Å². The van der Waals surface area contributed by atoms with Gasteiger partial charge in [-0.25, -0.2) is 0 Å². The Kier molecular flexibility index (Phi) is 5.89. The Hall–Kier alpha value is 0.01000. The summed E-state index contributed by atoms with van der Waals surface area (Å²) in [6.07, 6.45) is 14.6. The van der Waals surface area contributed by atoms with Crippen molar-refractivity contribution in [3.05, 3.63) is 11.6 Å². The third kappa shape index (κ3) is 4.01. The van der Waals surface area contributed by atoms with E-state index in [0.29, 0.717) is 11.3 Å². The van der Waals surface area contributed by atoms with Gasteiger partial charge in [-0.3, -0.25) is 11.3 Å². The van der Waals surface area contributed by atoms with Crippen LogP contribution in [0.15, 0.2) is 11.6 Å². The van der Waals surface area contributed by atoms with Crippen LogP contribution in [0.2, 0.25) is 0 Å². The molecule has 3 N–H and O–H groups in total. The Bertz CT molecular complexity index is 247. The molecule has 0 amide bonds. The van der Waals surface area contributed by atoms with Crippen LogP contribution < -0.4 is 11.3 Å². The second-order valence-electron chi connectivity index (χ2n) is 5.28. The van der Waals surface area contributed by atoms with Crippen molar-refractivity contribution in [3.63, 3.8) is 0 Å². The van der Waals surface area contributed by atoms with Crippen molar-refractivity contribution < 1.29 is 0 Å². The van der Waals surface area contributed by atoms with Gasteiger partial charge in [0, 0.05) is 5.25 Å². The number of allylic oxidation sites excluding steroid dienone is 1. The number of nitrogens with two attached hydrogens (primary N) is 1. The second-order valence-corrected chi connectivity index (χ2v) is 6.63. The van der Waals surface area contributed by atoms with Gasteiger partial charge >= 0.3 is 0 Å². The maximum Gasteiger partial charge on any atom is 0.0538 e. The molecule has 3 heteroatoms. The molecule has 0 aromatic carbocycles. The van der Waals surface area contributed by atoms with Crippen molar-refractivity contribution >= 4 is 11.8 Å². The summed E-state index contributed by atoms with van der Waals surface area (Å²) in [6, 6.07) is 0.429. The molecule has 1 heterocycles. The summed E-state index contributed by atoms with van der Waals surface area (Å²) in [7, 11) is 0. The van der Waals surface area contributed by atoms with Crippen LogP contribution in [0.1, 0.15) is 57.8 Å². The van der Waals surface area contributed by atoms with Gasteiger partial charge in [0.1, 0.15) is 0 Å². The summed E-state index contributed by atoms with van der Waals surface area (Å²) >= 11 is 2.12. The molecule has 0 radical (unpaired) electrons. The predicted octanol–water partition coefficient (Wildman–Crippen LogP) is 3.38. The first kappa shape index (κ1) is 13.4. The number of hydrogen-bond acceptors (Lipinski definition) is 3. The van der Waals surface area contributed by atoms with Gasteiger partial charge < -0.3 is 0 Å². The number of nitrogens with one attached hydrogen (secondary N) is 1. The fraction of sp³-hybridized carbons (Fsp3) is 0.857. The topological polar surface area (TPSA) is 38.0 Å². The van der Waals surface area contributed by atoms with Gasteiger partial charge in [0.2, 0.25) is 0 Å². The van der Waals surface area contributed by atoms with Crippen LogP contribution in [0.25, 0.3) is 0 Å². The number of hydrazine groups is 1. The zero-order valence-electron chi connectivity index (χ0n) is 10.8. The minimum absolute atomic E-state index is 0.429. The van der Waals surface area contributed by atoms with Crippen LogP contribution in [-0.4, -0.2) is 17.0 Å². The average Bonchev–Trinajstić information content (AvgIpc) is 2.34. The van der Waals surface area contributed by atoms with Crippen molar-refractivity contribution in [2.75, 3.05) is 5.75 Å². The summed E-state index contributed by atoms with van der Waals surface area (Å²) < 4.78 is 0. The molecule has 2 nitrogen and oxygen atoms in total. The van der Waals surface area contributed by atoms with Crippen LogP contribution in [-0.2, 0) is 0 Å². The van der Waals surface area contributed by atoms with Crippen molar-refractivity contribution in [1.29, 1.82) is 0 Å². The molecule has 2 atom stereocenters. The molecule has 2 aliphatic rings. The molecule has 0 bridgehead atoms. The van der Waals surface area contributed by atoms with Crippen molar-refractivity contribution in [2.24, 2.45) is 5.84 Å². The highest BCUT2D eigenvalue weighted by Crippen LogP contribution is 2.32. The summed E-state index contributed by atoms with van der Waals surface area (Å²) in [5.41, 5.74) is 4.69. The minimum atomic E-state index is 0.429. The van der Waals surface area contributed by atoms with E-state index in [2.05, 4.69) is 23.3 Å². The van der Waals surface area contributed by atoms with Crippen LogP contribution in [0.4, 0.5) is 0 Å². The molecule has 98 valence electrons. The van der Waals surface area contributed by atoms with E-state index in [1.54, 1.807) is 5.57 Å². The molecular formula is C14H26N2S. The van der Waals surface area contributed by atoms with E-state index in [0.717, 1.165) is 0 Å². The van der Waals surface area contributed by atoms with Gasteiger partial charge in [-0.15, -0.1) is 0 Å². The molecule has 1 fully saturated rings. The second kappa shape index (κ2) is 7.45. The van der Waals surface area contributed by atoms with Crippen molar-refractivity contribution in [1.82, 2.24) is 5.43 Å². The van der Waals surface area contributed by atoms with Gasteiger partial charge in [-0.05, 0) is 44.3 Å². The highest BCUT2D eigenvalue weighted by molar-refractivity contribution is 8.00. The Morgan fingerprint density at radius 3 is 2.82 bits per heavy atom. The van der Waals surface area contributed by atoms with E-state index < -0.39 is 0 Å². The van der Waals surface area contributed by atoms with Crippen molar-refractivity contribution in [3.8, 4) is 0 Å². The molecule has 0 saturated carbocycles. The molecule has 17 heavy (non-hydrogen) atoms. The highest BCUT2D eigenvalue weighted by atomic mass is 32.2. The number of rotatable bonds is 3. The summed E-state index contributed by atoms with van der Waals surface area (Å²) in [5, 5.41) is 0.708. The van der Waals surface area contributed by atoms with Gasteiger partial charge in [0.25, 0.3) is 0 Å². The normalized spacial score (nSPS) is 29.0. The maximum atomic E-state index is 5.82. The summed E-state index contributed by atoms with van der Waals surface area (Å²) in [5.74, 6) is 7.14. The molecule has 2 rings (SSSR count). The number of hydrogen-bond donors (Lipinski definition) is 2. The van der Waals surface area contributed by atoms with Crippen LogP contribution in [0, 0.1) is 0 Å². The zero-order chi connectivity index (χ0) is 11.9. The van der Waals surface area contributed by atoms with Crippen LogP contribution in [0.5, 0.6) is 0 Å². The molecular weight excluding hydrogens is 228 g/mol. The van der Waals surface area contributed by atoms with E-state index in [4.69, 9.17) is 5.84 Å². The predicted molar refractivity (Wildman–Crippen MR) is 77.0 cm³/mol. The lowest BCUT2D eigenvalue weighted by atomic mass is 9.92. The van der Waals surface area contributed by atoms with Gasteiger partial charge in [0.05, 0.1) is 6.04 Å². The van der Waals surface area contributed by atoms with Gasteiger partial charge in [-0.2, -0.15) is 11.8 Å². The van der Waals surface area contributed by atoms with Crippen LogP contribution >= 0.6 is 11.8 Å². The maximum absolute atomic E-state index is 5.82. The molecule has 1 aliphatic heterocycles. The fourth-order valence-corrected chi connectivity index (χ4v) is 4.43.